The van der Waals surface area contributed by atoms with Crippen LogP contribution >= 0.6 is 0 Å². The molecule has 0 unspecified atom stereocenters. The molecule has 7 heteroatoms. The molecule has 2 aliphatic rings. The van der Waals surface area contributed by atoms with Crippen LogP contribution in [-0.4, -0.2) is 32.2 Å². The van der Waals surface area contributed by atoms with Gasteiger partial charge in [0.25, 0.3) is 5.91 Å². The molecule has 0 radical (unpaired) electrons. The molecule has 0 atom stereocenters. The molecule has 0 bridgehead atoms. The van der Waals surface area contributed by atoms with Gasteiger partial charge in [-0.25, -0.2) is 4.68 Å². The molecule has 2 N–H and O–H groups in total. The number of amides is 1. The molecule has 1 amide bonds. The van der Waals surface area contributed by atoms with E-state index in [4.69, 9.17) is 4.98 Å². The summed E-state index contributed by atoms with van der Waals surface area (Å²) in [6, 6.07) is 18.3. The number of anilines is 2. The van der Waals surface area contributed by atoms with Gasteiger partial charge in [0.15, 0.2) is 5.82 Å². The lowest BCUT2D eigenvalue weighted by atomic mass is 10.00. The number of carbonyl (C=O) groups excluding carboxylic acids is 1. The number of pyridine rings is 1. The van der Waals surface area contributed by atoms with Crippen LogP contribution in [0.15, 0.2) is 60.8 Å². The van der Waals surface area contributed by atoms with Crippen LogP contribution in [0, 0.1) is 0 Å². The van der Waals surface area contributed by atoms with Crippen molar-refractivity contribution in [2.45, 2.75) is 25.2 Å². The summed E-state index contributed by atoms with van der Waals surface area (Å²) in [7, 11) is 1.87. The Bertz CT molecular complexity index is 1340. The predicted molar refractivity (Wildman–Crippen MR) is 127 cm³/mol. The van der Waals surface area contributed by atoms with E-state index in [1.807, 2.05) is 43.6 Å². The molecule has 1 fully saturated rings. The molecule has 6 rings (SSSR count). The van der Waals surface area contributed by atoms with E-state index in [2.05, 4.69) is 45.0 Å². The standard InChI is InChI=1S/C26H24N6O/c1-32-26(29-21-9-10-22-19(14-21)12-13-27-25(22)33)30-24(31-32)18-6-2-16(3-7-18)20-8-11-23(28-15-20)17-4-5-17/h2-3,6-11,14-15,17H,4-5,12-13H2,1H3,(H,27,33)(H,29,30,31). The van der Waals surface area contributed by atoms with Gasteiger partial charge in [-0.05, 0) is 54.7 Å². The molecule has 1 aliphatic carbocycles. The van der Waals surface area contributed by atoms with Gasteiger partial charge in [0.1, 0.15) is 0 Å². The molecule has 2 aromatic carbocycles. The number of hydrogen-bond acceptors (Lipinski definition) is 5. The van der Waals surface area contributed by atoms with E-state index < -0.39 is 0 Å². The second-order valence-corrected chi connectivity index (χ2v) is 8.71. The Labute approximate surface area is 191 Å². The lowest BCUT2D eigenvalue weighted by molar-refractivity contribution is 0.0946. The van der Waals surface area contributed by atoms with Gasteiger partial charge in [-0.2, -0.15) is 4.98 Å². The molecule has 164 valence electrons. The summed E-state index contributed by atoms with van der Waals surface area (Å²) in [5, 5.41) is 10.8. The van der Waals surface area contributed by atoms with Crippen molar-refractivity contribution in [2.75, 3.05) is 11.9 Å². The Morgan fingerprint density at radius 1 is 1.00 bits per heavy atom. The molecule has 2 aromatic heterocycles. The minimum Gasteiger partial charge on any atom is -0.352 e. The first-order valence-electron chi connectivity index (χ1n) is 11.3. The lowest BCUT2D eigenvalue weighted by Gasteiger charge is -2.17. The normalized spacial score (nSPS) is 15.1. The maximum atomic E-state index is 12.0. The monoisotopic (exact) mass is 436 g/mol. The fourth-order valence-electron chi connectivity index (χ4n) is 4.26. The van der Waals surface area contributed by atoms with E-state index >= 15 is 0 Å². The SMILES string of the molecule is Cn1nc(-c2ccc(-c3ccc(C4CC4)nc3)cc2)nc1Nc1ccc2c(c1)CCNC2=O. The molecular formula is C26H24N6O. The molecule has 33 heavy (non-hydrogen) atoms. The number of nitrogens with zero attached hydrogens (tertiary/aromatic N) is 4. The highest BCUT2D eigenvalue weighted by Gasteiger charge is 2.24. The Kier molecular flexibility index (Phi) is 4.68. The number of nitrogens with one attached hydrogen (secondary N) is 2. The van der Waals surface area contributed by atoms with Crippen molar-refractivity contribution in [3.05, 3.63) is 77.6 Å². The van der Waals surface area contributed by atoms with Gasteiger partial charge in [-0.15, -0.1) is 5.10 Å². The van der Waals surface area contributed by atoms with Gasteiger partial charge in [-0.3, -0.25) is 9.78 Å². The fraction of sp³-hybridized carbons (Fsp3) is 0.231. The van der Waals surface area contributed by atoms with E-state index in [1.54, 1.807) is 4.68 Å². The summed E-state index contributed by atoms with van der Waals surface area (Å²) < 4.78 is 1.73. The van der Waals surface area contributed by atoms with Crippen LogP contribution in [0.2, 0.25) is 0 Å². The van der Waals surface area contributed by atoms with E-state index in [9.17, 15) is 4.79 Å². The minimum absolute atomic E-state index is 0.0122. The lowest BCUT2D eigenvalue weighted by Crippen LogP contribution is -2.31. The number of benzene rings is 2. The summed E-state index contributed by atoms with van der Waals surface area (Å²) in [5.74, 6) is 1.96. The third kappa shape index (κ3) is 3.86. The first-order valence-corrected chi connectivity index (χ1v) is 11.3. The van der Waals surface area contributed by atoms with Gasteiger partial charge in [0.05, 0.1) is 0 Å². The molecule has 7 nitrogen and oxygen atoms in total. The minimum atomic E-state index is -0.0122. The maximum Gasteiger partial charge on any atom is 0.251 e. The fourth-order valence-corrected chi connectivity index (χ4v) is 4.26. The van der Waals surface area contributed by atoms with Gasteiger partial charge in [0.2, 0.25) is 5.95 Å². The number of carbonyl (C=O) groups is 1. The highest BCUT2D eigenvalue weighted by molar-refractivity contribution is 5.97. The van der Waals surface area contributed by atoms with Crippen LogP contribution in [0.1, 0.15) is 40.4 Å². The van der Waals surface area contributed by atoms with Crippen LogP contribution in [0.3, 0.4) is 0 Å². The molecule has 1 aliphatic heterocycles. The molecule has 1 saturated carbocycles. The smallest absolute Gasteiger partial charge is 0.251 e. The van der Waals surface area contributed by atoms with Crippen molar-refractivity contribution < 1.29 is 4.79 Å². The first kappa shape index (κ1) is 19.7. The van der Waals surface area contributed by atoms with E-state index in [-0.39, 0.29) is 5.91 Å². The third-order valence-corrected chi connectivity index (χ3v) is 6.31. The Morgan fingerprint density at radius 2 is 1.79 bits per heavy atom. The first-order chi connectivity index (χ1) is 16.1. The summed E-state index contributed by atoms with van der Waals surface area (Å²) in [6.07, 6.45) is 5.31. The quantitative estimate of drug-likeness (QED) is 0.483. The molecule has 3 heterocycles. The van der Waals surface area contributed by atoms with Crippen LogP contribution in [0.25, 0.3) is 22.5 Å². The largest absolute Gasteiger partial charge is 0.352 e. The van der Waals surface area contributed by atoms with Crippen molar-refractivity contribution in [1.29, 1.82) is 0 Å². The predicted octanol–water partition coefficient (Wildman–Crippen LogP) is 4.45. The van der Waals surface area contributed by atoms with E-state index in [1.165, 1.54) is 18.5 Å². The molecule has 0 spiro atoms. The number of rotatable bonds is 5. The van der Waals surface area contributed by atoms with Crippen molar-refractivity contribution in [3.8, 4) is 22.5 Å². The number of aromatic nitrogens is 4. The highest BCUT2D eigenvalue weighted by atomic mass is 16.1. The molecule has 4 aromatic rings. The van der Waals surface area contributed by atoms with Gasteiger partial charge >= 0.3 is 0 Å². The zero-order valence-electron chi connectivity index (χ0n) is 18.4. The number of aryl methyl sites for hydroxylation is 1. The second-order valence-electron chi connectivity index (χ2n) is 8.71. The molecule has 0 saturated heterocycles. The van der Waals surface area contributed by atoms with Crippen molar-refractivity contribution >= 4 is 17.5 Å². The average molecular weight is 437 g/mol. The van der Waals surface area contributed by atoms with E-state index in [0.717, 1.165) is 39.9 Å². The van der Waals surface area contributed by atoms with Crippen LogP contribution in [0.5, 0.6) is 0 Å². The van der Waals surface area contributed by atoms with Gasteiger partial charge in [-0.1, -0.05) is 30.3 Å². The van der Waals surface area contributed by atoms with Gasteiger partial charge < -0.3 is 10.6 Å². The summed E-state index contributed by atoms with van der Waals surface area (Å²) in [5.41, 5.74) is 7.07. The van der Waals surface area contributed by atoms with Crippen LogP contribution < -0.4 is 10.6 Å². The second kappa shape index (κ2) is 7.85. The zero-order chi connectivity index (χ0) is 22.4. The van der Waals surface area contributed by atoms with E-state index in [0.29, 0.717) is 24.2 Å². The Morgan fingerprint density at radius 3 is 2.55 bits per heavy atom. The van der Waals surface area contributed by atoms with Gasteiger partial charge in [0, 0.05) is 53.8 Å². The Hall–Kier alpha value is -4.00. The van der Waals surface area contributed by atoms with Crippen LogP contribution in [-0.2, 0) is 13.5 Å². The number of hydrogen-bond donors (Lipinski definition) is 2. The summed E-state index contributed by atoms with van der Waals surface area (Å²) >= 11 is 0. The summed E-state index contributed by atoms with van der Waals surface area (Å²) in [6.45, 7) is 0.667. The van der Waals surface area contributed by atoms with Crippen LogP contribution in [0.4, 0.5) is 11.6 Å². The van der Waals surface area contributed by atoms with Crippen molar-refractivity contribution in [2.24, 2.45) is 7.05 Å². The topological polar surface area (TPSA) is 84.7 Å². The number of fused-ring (bicyclic) bond motifs is 1. The zero-order valence-corrected chi connectivity index (χ0v) is 18.4. The third-order valence-electron chi connectivity index (χ3n) is 6.31. The maximum absolute atomic E-state index is 12.0. The van der Waals surface area contributed by atoms with Crippen molar-refractivity contribution in [1.82, 2.24) is 25.1 Å². The summed E-state index contributed by atoms with van der Waals surface area (Å²) in [4.78, 5) is 21.3. The van der Waals surface area contributed by atoms with Crippen molar-refractivity contribution in [3.63, 3.8) is 0 Å². The Balaban J connectivity index is 1.20. The molecular weight excluding hydrogens is 412 g/mol. The highest BCUT2D eigenvalue weighted by Crippen LogP contribution is 2.39. The average Bonchev–Trinajstić information content (AvgIpc) is 3.63.